The van der Waals surface area contributed by atoms with Crippen molar-refractivity contribution in [1.82, 2.24) is 9.55 Å². The molecule has 0 bridgehead atoms. The molecule has 1 aromatic heterocycles. The van der Waals surface area contributed by atoms with E-state index >= 15 is 0 Å². The number of imidazole rings is 1. The van der Waals surface area contributed by atoms with Gasteiger partial charge in [0.15, 0.2) is 0 Å². The molecule has 0 saturated carbocycles. The molecule has 0 aliphatic heterocycles. The summed E-state index contributed by atoms with van der Waals surface area (Å²) in [7, 11) is 0. The van der Waals surface area contributed by atoms with Gasteiger partial charge in [0.05, 0.1) is 11.3 Å². The highest BCUT2D eigenvalue weighted by atomic mass is 35.5. The smallest absolute Gasteiger partial charge is 0.0951 e. The first-order chi connectivity index (χ1) is 8.15. The number of aromatic nitrogens is 2. The molecule has 2 N–H and O–H groups in total. The topological polar surface area (TPSA) is 43.8 Å². The summed E-state index contributed by atoms with van der Waals surface area (Å²) in [6, 6.07) is 7.74. The molecule has 2 rings (SSSR count). The van der Waals surface area contributed by atoms with Gasteiger partial charge >= 0.3 is 0 Å². The fourth-order valence-electron chi connectivity index (χ4n) is 1.60. The lowest BCUT2D eigenvalue weighted by atomic mass is 10.2. The van der Waals surface area contributed by atoms with Gasteiger partial charge in [0.2, 0.25) is 0 Å². The SMILES string of the molecule is NC(=S)Cc1cncn1Cc1ccc(Cl)cc1. The fourth-order valence-corrected chi connectivity index (χ4v) is 1.88. The second-order valence-electron chi connectivity index (χ2n) is 3.78. The van der Waals surface area contributed by atoms with Crippen molar-refractivity contribution in [2.24, 2.45) is 5.73 Å². The molecule has 0 fully saturated rings. The third kappa shape index (κ3) is 3.28. The molecule has 0 saturated heterocycles. The molecule has 0 aliphatic carbocycles. The van der Waals surface area contributed by atoms with E-state index in [0.717, 1.165) is 22.8 Å². The van der Waals surface area contributed by atoms with Gasteiger partial charge in [-0.15, -0.1) is 0 Å². The second-order valence-corrected chi connectivity index (χ2v) is 4.74. The van der Waals surface area contributed by atoms with Gasteiger partial charge in [0, 0.05) is 29.9 Å². The minimum Gasteiger partial charge on any atom is -0.393 e. The summed E-state index contributed by atoms with van der Waals surface area (Å²) >= 11 is 10.7. The van der Waals surface area contributed by atoms with Crippen LogP contribution in [0, 0.1) is 0 Å². The van der Waals surface area contributed by atoms with Crippen molar-refractivity contribution in [3.8, 4) is 0 Å². The van der Waals surface area contributed by atoms with Crippen molar-refractivity contribution >= 4 is 28.8 Å². The zero-order chi connectivity index (χ0) is 12.3. The Hall–Kier alpha value is -1.39. The number of halogens is 1. The summed E-state index contributed by atoms with van der Waals surface area (Å²) in [5, 5.41) is 0.739. The minimum absolute atomic E-state index is 0.475. The van der Waals surface area contributed by atoms with Crippen LogP contribution in [0.25, 0.3) is 0 Å². The molecule has 0 aliphatic rings. The molecule has 0 atom stereocenters. The molecule has 0 radical (unpaired) electrons. The van der Waals surface area contributed by atoms with Crippen LogP contribution in [-0.2, 0) is 13.0 Å². The summed E-state index contributed by atoms with van der Waals surface area (Å²) in [6.45, 7) is 0.745. The molecule has 5 heteroatoms. The number of thiocarbonyl (C=S) groups is 1. The Morgan fingerprint density at radius 2 is 2.06 bits per heavy atom. The van der Waals surface area contributed by atoms with E-state index in [9.17, 15) is 0 Å². The minimum atomic E-state index is 0.475. The van der Waals surface area contributed by atoms with Crippen molar-refractivity contribution in [2.45, 2.75) is 13.0 Å². The normalized spacial score (nSPS) is 10.4. The first-order valence-electron chi connectivity index (χ1n) is 5.17. The van der Waals surface area contributed by atoms with Crippen molar-refractivity contribution in [3.05, 3.63) is 53.1 Å². The van der Waals surface area contributed by atoms with E-state index in [0.29, 0.717) is 11.4 Å². The lowest BCUT2D eigenvalue weighted by Crippen LogP contribution is -2.14. The summed E-state index contributed by atoms with van der Waals surface area (Å²) < 4.78 is 2.03. The van der Waals surface area contributed by atoms with E-state index in [1.807, 2.05) is 28.8 Å². The predicted molar refractivity (Wildman–Crippen MR) is 73.3 cm³/mol. The summed E-state index contributed by atoms with van der Waals surface area (Å²) in [4.78, 5) is 4.59. The van der Waals surface area contributed by atoms with Crippen LogP contribution in [0.1, 0.15) is 11.3 Å². The summed E-state index contributed by atoms with van der Waals surface area (Å²) in [5.74, 6) is 0. The highest BCUT2D eigenvalue weighted by Crippen LogP contribution is 2.12. The van der Waals surface area contributed by atoms with E-state index in [1.165, 1.54) is 0 Å². The van der Waals surface area contributed by atoms with Crippen LogP contribution < -0.4 is 5.73 Å². The van der Waals surface area contributed by atoms with Crippen LogP contribution in [0.3, 0.4) is 0 Å². The second kappa shape index (κ2) is 5.29. The third-order valence-electron chi connectivity index (χ3n) is 2.42. The highest BCUT2D eigenvalue weighted by molar-refractivity contribution is 7.80. The lowest BCUT2D eigenvalue weighted by molar-refractivity contribution is 0.762. The van der Waals surface area contributed by atoms with E-state index in [-0.39, 0.29) is 0 Å². The van der Waals surface area contributed by atoms with Gasteiger partial charge in [0.25, 0.3) is 0 Å². The zero-order valence-corrected chi connectivity index (χ0v) is 10.7. The van der Waals surface area contributed by atoms with Gasteiger partial charge in [-0.1, -0.05) is 36.0 Å². The van der Waals surface area contributed by atoms with Gasteiger partial charge in [-0.05, 0) is 17.7 Å². The molecule has 17 heavy (non-hydrogen) atoms. The highest BCUT2D eigenvalue weighted by Gasteiger charge is 2.04. The van der Waals surface area contributed by atoms with Gasteiger partial charge in [0.1, 0.15) is 0 Å². The molecular weight excluding hydrogens is 254 g/mol. The Morgan fingerprint density at radius 3 is 2.71 bits per heavy atom. The Morgan fingerprint density at radius 1 is 1.35 bits per heavy atom. The van der Waals surface area contributed by atoms with Crippen molar-refractivity contribution in [2.75, 3.05) is 0 Å². The molecule has 0 unspecified atom stereocenters. The Labute approximate surface area is 110 Å². The van der Waals surface area contributed by atoms with Gasteiger partial charge < -0.3 is 10.3 Å². The first-order valence-corrected chi connectivity index (χ1v) is 5.95. The predicted octanol–water partition coefficient (Wildman–Crippen LogP) is 2.41. The summed E-state index contributed by atoms with van der Waals surface area (Å²) in [5.41, 5.74) is 7.72. The van der Waals surface area contributed by atoms with Gasteiger partial charge in [-0.3, -0.25) is 0 Å². The van der Waals surface area contributed by atoms with E-state index in [4.69, 9.17) is 29.6 Å². The average molecular weight is 266 g/mol. The van der Waals surface area contributed by atoms with Crippen molar-refractivity contribution in [1.29, 1.82) is 0 Å². The molecule has 1 aromatic carbocycles. The molecule has 2 aromatic rings. The molecule has 3 nitrogen and oxygen atoms in total. The third-order valence-corrected chi connectivity index (χ3v) is 2.82. The lowest BCUT2D eigenvalue weighted by Gasteiger charge is -2.07. The van der Waals surface area contributed by atoms with E-state index in [2.05, 4.69) is 4.98 Å². The standard InChI is InChI=1S/C12H12ClN3S/c13-10-3-1-9(2-4-10)7-16-8-15-6-11(16)5-12(14)17/h1-4,6,8H,5,7H2,(H2,14,17). The van der Waals surface area contributed by atoms with Crippen LogP contribution in [0.4, 0.5) is 0 Å². The summed E-state index contributed by atoms with van der Waals surface area (Å²) in [6.07, 6.45) is 4.14. The Kier molecular flexibility index (Phi) is 3.76. The number of nitrogens with zero attached hydrogens (tertiary/aromatic N) is 2. The average Bonchev–Trinajstić information content (AvgIpc) is 2.68. The molecule has 0 amide bonds. The first kappa shape index (κ1) is 12.1. The largest absolute Gasteiger partial charge is 0.393 e. The number of hydrogen-bond donors (Lipinski definition) is 1. The van der Waals surface area contributed by atoms with Gasteiger partial charge in [-0.25, -0.2) is 4.98 Å². The van der Waals surface area contributed by atoms with E-state index in [1.54, 1.807) is 12.5 Å². The maximum absolute atomic E-state index is 5.84. The molecular formula is C12H12ClN3S. The van der Waals surface area contributed by atoms with Crippen molar-refractivity contribution in [3.63, 3.8) is 0 Å². The van der Waals surface area contributed by atoms with Crippen LogP contribution in [0.5, 0.6) is 0 Å². The van der Waals surface area contributed by atoms with Crippen LogP contribution in [-0.4, -0.2) is 14.5 Å². The fraction of sp³-hybridized carbons (Fsp3) is 0.167. The molecule has 0 spiro atoms. The Balaban J connectivity index is 2.15. The van der Waals surface area contributed by atoms with E-state index < -0.39 is 0 Å². The van der Waals surface area contributed by atoms with Crippen LogP contribution >= 0.6 is 23.8 Å². The monoisotopic (exact) mass is 265 g/mol. The molecule has 1 heterocycles. The molecule has 88 valence electrons. The quantitative estimate of drug-likeness (QED) is 0.864. The Bertz CT molecular complexity index is 519. The maximum atomic E-state index is 5.84. The van der Waals surface area contributed by atoms with Gasteiger partial charge in [-0.2, -0.15) is 0 Å². The zero-order valence-electron chi connectivity index (χ0n) is 9.14. The number of hydrogen-bond acceptors (Lipinski definition) is 2. The number of benzene rings is 1. The number of rotatable bonds is 4. The maximum Gasteiger partial charge on any atom is 0.0951 e. The number of nitrogens with two attached hydrogens (primary N) is 1. The van der Waals surface area contributed by atoms with Crippen LogP contribution in [0.15, 0.2) is 36.8 Å². The van der Waals surface area contributed by atoms with Crippen LogP contribution in [0.2, 0.25) is 5.02 Å². The van der Waals surface area contributed by atoms with Crippen molar-refractivity contribution < 1.29 is 0 Å².